The lowest BCUT2D eigenvalue weighted by Crippen LogP contribution is -2.40. The standard InChI is InChI=1S/C12H22N2O2/c1-9(2)13-11(15)8-12(16)14-10-6-4-3-5-7-10/h9-10H,3-8H2,1-2H3,(H,13,15)(H,14,16). The van der Waals surface area contributed by atoms with E-state index in [1.807, 2.05) is 13.8 Å². The highest BCUT2D eigenvalue weighted by Crippen LogP contribution is 2.17. The SMILES string of the molecule is CC(C)NC(=O)CC(=O)NC1CCCCC1. The summed E-state index contributed by atoms with van der Waals surface area (Å²) in [7, 11) is 0. The lowest BCUT2D eigenvalue weighted by atomic mass is 9.95. The van der Waals surface area contributed by atoms with E-state index in [0.29, 0.717) is 0 Å². The summed E-state index contributed by atoms with van der Waals surface area (Å²) in [5, 5.41) is 5.63. The minimum Gasteiger partial charge on any atom is -0.353 e. The van der Waals surface area contributed by atoms with Crippen molar-refractivity contribution in [3.8, 4) is 0 Å². The quantitative estimate of drug-likeness (QED) is 0.711. The number of hydrogen-bond acceptors (Lipinski definition) is 2. The van der Waals surface area contributed by atoms with Crippen LogP contribution < -0.4 is 10.6 Å². The van der Waals surface area contributed by atoms with Crippen LogP contribution >= 0.6 is 0 Å². The molecule has 0 aromatic carbocycles. The van der Waals surface area contributed by atoms with Crippen molar-refractivity contribution in [3.63, 3.8) is 0 Å². The van der Waals surface area contributed by atoms with E-state index >= 15 is 0 Å². The van der Waals surface area contributed by atoms with Crippen molar-refractivity contribution in [3.05, 3.63) is 0 Å². The molecule has 0 atom stereocenters. The third-order valence-electron chi connectivity index (χ3n) is 2.74. The van der Waals surface area contributed by atoms with E-state index in [1.54, 1.807) is 0 Å². The Hall–Kier alpha value is -1.06. The molecule has 0 unspecified atom stereocenters. The van der Waals surface area contributed by atoms with E-state index < -0.39 is 0 Å². The van der Waals surface area contributed by atoms with E-state index in [-0.39, 0.29) is 30.3 Å². The second-order valence-electron chi connectivity index (χ2n) is 4.80. The van der Waals surface area contributed by atoms with E-state index in [9.17, 15) is 9.59 Å². The van der Waals surface area contributed by atoms with Gasteiger partial charge >= 0.3 is 0 Å². The first-order valence-corrected chi connectivity index (χ1v) is 6.16. The fourth-order valence-corrected chi connectivity index (χ4v) is 2.04. The molecule has 92 valence electrons. The molecule has 4 nitrogen and oxygen atoms in total. The van der Waals surface area contributed by atoms with E-state index in [0.717, 1.165) is 12.8 Å². The van der Waals surface area contributed by atoms with Gasteiger partial charge in [-0.1, -0.05) is 19.3 Å². The molecule has 0 heterocycles. The normalized spacial score (nSPS) is 17.2. The highest BCUT2D eigenvalue weighted by atomic mass is 16.2. The first-order chi connectivity index (χ1) is 7.58. The van der Waals surface area contributed by atoms with Crippen LogP contribution in [0.15, 0.2) is 0 Å². The van der Waals surface area contributed by atoms with Crippen LogP contribution in [0, 0.1) is 0 Å². The van der Waals surface area contributed by atoms with Gasteiger partial charge in [0.15, 0.2) is 0 Å². The maximum atomic E-state index is 11.5. The van der Waals surface area contributed by atoms with Crippen molar-refractivity contribution in [2.75, 3.05) is 0 Å². The molecule has 2 N–H and O–H groups in total. The summed E-state index contributed by atoms with van der Waals surface area (Å²) in [6.45, 7) is 3.77. The molecule has 1 saturated carbocycles. The second-order valence-corrected chi connectivity index (χ2v) is 4.80. The topological polar surface area (TPSA) is 58.2 Å². The Kier molecular flexibility index (Phi) is 5.29. The Labute approximate surface area is 97.2 Å². The van der Waals surface area contributed by atoms with Crippen LogP contribution in [-0.2, 0) is 9.59 Å². The molecule has 0 aromatic rings. The van der Waals surface area contributed by atoms with Crippen LogP contribution in [0.1, 0.15) is 52.4 Å². The van der Waals surface area contributed by atoms with E-state index in [1.165, 1.54) is 19.3 Å². The lowest BCUT2D eigenvalue weighted by Gasteiger charge is -2.22. The van der Waals surface area contributed by atoms with Gasteiger partial charge in [-0.2, -0.15) is 0 Å². The van der Waals surface area contributed by atoms with Crippen molar-refractivity contribution < 1.29 is 9.59 Å². The molecular formula is C12H22N2O2. The van der Waals surface area contributed by atoms with Gasteiger partial charge in [0.2, 0.25) is 11.8 Å². The van der Waals surface area contributed by atoms with Gasteiger partial charge in [-0.3, -0.25) is 9.59 Å². The van der Waals surface area contributed by atoms with Crippen LogP contribution in [-0.4, -0.2) is 23.9 Å². The van der Waals surface area contributed by atoms with Gasteiger partial charge in [0.25, 0.3) is 0 Å². The molecule has 0 bridgehead atoms. The predicted molar refractivity (Wildman–Crippen MR) is 62.9 cm³/mol. The zero-order chi connectivity index (χ0) is 12.0. The van der Waals surface area contributed by atoms with Crippen LogP contribution in [0.25, 0.3) is 0 Å². The Morgan fingerprint density at radius 2 is 1.75 bits per heavy atom. The summed E-state index contributed by atoms with van der Waals surface area (Å²) in [5.41, 5.74) is 0. The third-order valence-corrected chi connectivity index (χ3v) is 2.74. The summed E-state index contributed by atoms with van der Waals surface area (Å²) in [4.78, 5) is 22.9. The smallest absolute Gasteiger partial charge is 0.229 e. The third kappa shape index (κ3) is 5.14. The van der Waals surface area contributed by atoms with E-state index in [4.69, 9.17) is 0 Å². The van der Waals surface area contributed by atoms with Gasteiger partial charge in [-0.15, -0.1) is 0 Å². The maximum Gasteiger partial charge on any atom is 0.229 e. The summed E-state index contributed by atoms with van der Waals surface area (Å²) in [6.07, 6.45) is 5.69. The number of hydrogen-bond donors (Lipinski definition) is 2. The van der Waals surface area contributed by atoms with Crippen LogP contribution in [0.5, 0.6) is 0 Å². The minimum absolute atomic E-state index is 0.0469. The number of nitrogens with one attached hydrogen (secondary N) is 2. The predicted octanol–water partition coefficient (Wildman–Crippen LogP) is 1.35. The summed E-state index contributed by atoms with van der Waals surface area (Å²) in [5.74, 6) is -0.339. The van der Waals surface area contributed by atoms with E-state index in [2.05, 4.69) is 10.6 Å². The molecule has 1 fully saturated rings. The molecule has 16 heavy (non-hydrogen) atoms. The summed E-state index contributed by atoms with van der Waals surface area (Å²) < 4.78 is 0. The first kappa shape index (κ1) is 13.0. The summed E-state index contributed by atoms with van der Waals surface area (Å²) in [6, 6.07) is 0.378. The highest BCUT2D eigenvalue weighted by molar-refractivity contribution is 5.97. The second kappa shape index (κ2) is 6.51. The van der Waals surface area contributed by atoms with Gasteiger partial charge in [-0.05, 0) is 26.7 Å². The van der Waals surface area contributed by atoms with Crippen molar-refractivity contribution >= 4 is 11.8 Å². The van der Waals surface area contributed by atoms with Crippen molar-refractivity contribution in [1.29, 1.82) is 0 Å². The van der Waals surface area contributed by atoms with Gasteiger partial charge < -0.3 is 10.6 Å². The average molecular weight is 226 g/mol. The van der Waals surface area contributed by atoms with Crippen molar-refractivity contribution in [2.45, 2.75) is 64.5 Å². The Balaban J connectivity index is 2.21. The molecule has 0 aromatic heterocycles. The molecule has 0 saturated heterocycles. The Morgan fingerprint density at radius 1 is 1.12 bits per heavy atom. The largest absolute Gasteiger partial charge is 0.353 e. The highest BCUT2D eigenvalue weighted by Gasteiger charge is 2.17. The fourth-order valence-electron chi connectivity index (χ4n) is 2.04. The zero-order valence-electron chi connectivity index (χ0n) is 10.2. The molecule has 0 aliphatic heterocycles. The Morgan fingerprint density at radius 3 is 2.31 bits per heavy atom. The van der Waals surface area contributed by atoms with Crippen LogP contribution in [0.2, 0.25) is 0 Å². The van der Waals surface area contributed by atoms with Crippen LogP contribution in [0.3, 0.4) is 0 Å². The molecule has 0 spiro atoms. The molecule has 1 rings (SSSR count). The number of rotatable bonds is 4. The van der Waals surface area contributed by atoms with Gasteiger partial charge in [0, 0.05) is 12.1 Å². The monoisotopic (exact) mass is 226 g/mol. The molecule has 1 aliphatic rings. The van der Waals surface area contributed by atoms with Crippen molar-refractivity contribution in [1.82, 2.24) is 10.6 Å². The van der Waals surface area contributed by atoms with Crippen LogP contribution in [0.4, 0.5) is 0 Å². The lowest BCUT2D eigenvalue weighted by molar-refractivity contribution is -0.130. The fraction of sp³-hybridized carbons (Fsp3) is 0.833. The number of amides is 2. The Bertz CT molecular complexity index is 245. The summed E-state index contributed by atoms with van der Waals surface area (Å²) >= 11 is 0. The zero-order valence-corrected chi connectivity index (χ0v) is 10.2. The number of carbonyl (C=O) groups is 2. The molecule has 1 aliphatic carbocycles. The van der Waals surface area contributed by atoms with Gasteiger partial charge in [-0.25, -0.2) is 0 Å². The average Bonchev–Trinajstić information content (AvgIpc) is 2.17. The minimum atomic E-state index is -0.191. The van der Waals surface area contributed by atoms with Gasteiger partial charge in [0.1, 0.15) is 6.42 Å². The first-order valence-electron chi connectivity index (χ1n) is 6.16. The maximum absolute atomic E-state index is 11.5. The molecule has 4 heteroatoms. The molecule has 2 amide bonds. The van der Waals surface area contributed by atoms with Crippen molar-refractivity contribution in [2.24, 2.45) is 0 Å². The molecular weight excluding hydrogens is 204 g/mol. The molecule has 0 radical (unpaired) electrons. The number of carbonyl (C=O) groups excluding carboxylic acids is 2. The van der Waals surface area contributed by atoms with Gasteiger partial charge in [0.05, 0.1) is 0 Å².